The molecule has 12 heavy (non-hydrogen) atoms. The topological polar surface area (TPSA) is 20.2 Å². The molecule has 0 atom stereocenters. The van der Waals surface area contributed by atoms with Gasteiger partial charge in [0, 0.05) is 0 Å². The molecule has 1 saturated carbocycles. The van der Waals surface area contributed by atoms with Crippen molar-refractivity contribution in [2.24, 2.45) is 5.41 Å². The predicted molar refractivity (Wildman–Crippen MR) is 52.0 cm³/mol. The van der Waals surface area contributed by atoms with Gasteiger partial charge in [0.05, 0.1) is 5.60 Å². The quantitative estimate of drug-likeness (QED) is 0.629. The summed E-state index contributed by atoms with van der Waals surface area (Å²) in [6.07, 6.45) is 6.73. The van der Waals surface area contributed by atoms with E-state index in [1.165, 1.54) is 0 Å². The van der Waals surface area contributed by atoms with Gasteiger partial charge in [-0.1, -0.05) is 19.9 Å². The molecule has 0 spiro atoms. The summed E-state index contributed by atoms with van der Waals surface area (Å²) in [4.78, 5) is 0. The van der Waals surface area contributed by atoms with Crippen LogP contribution in [0.1, 0.15) is 46.0 Å². The van der Waals surface area contributed by atoms with Crippen LogP contribution in [0.5, 0.6) is 0 Å². The van der Waals surface area contributed by atoms with Crippen LogP contribution >= 0.6 is 0 Å². The normalized spacial score (nSPS) is 26.6. The SMILES string of the molecule is C=CCC1(O)CCC(C)(C)CC1. The van der Waals surface area contributed by atoms with Crippen molar-refractivity contribution in [1.82, 2.24) is 0 Å². The van der Waals surface area contributed by atoms with Crippen LogP contribution in [0.25, 0.3) is 0 Å². The van der Waals surface area contributed by atoms with Crippen molar-refractivity contribution in [2.75, 3.05) is 0 Å². The first-order valence-electron chi connectivity index (χ1n) is 4.81. The third-order valence-corrected chi connectivity index (χ3v) is 3.06. The second-order valence-electron chi connectivity index (χ2n) is 4.88. The fourth-order valence-electron chi connectivity index (χ4n) is 1.86. The Balaban J connectivity index is 2.49. The van der Waals surface area contributed by atoms with Crippen LogP contribution in [0.15, 0.2) is 12.7 Å². The summed E-state index contributed by atoms with van der Waals surface area (Å²) in [5.74, 6) is 0. The van der Waals surface area contributed by atoms with E-state index in [1.807, 2.05) is 6.08 Å². The molecular weight excluding hydrogens is 148 g/mol. The van der Waals surface area contributed by atoms with Gasteiger partial charge in [0.2, 0.25) is 0 Å². The van der Waals surface area contributed by atoms with Crippen LogP contribution in [0.2, 0.25) is 0 Å². The van der Waals surface area contributed by atoms with Gasteiger partial charge in [-0.3, -0.25) is 0 Å². The second-order valence-corrected chi connectivity index (χ2v) is 4.88. The summed E-state index contributed by atoms with van der Waals surface area (Å²) >= 11 is 0. The van der Waals surface area contributed by atoms with Crippen molar-refractivity contribution < 1.29 is 5.11 Å². The fraction of sp³-hybridized carbons (Fsp3) is 0.818. The van der Waals surface area contributed by atoms with Crippen molar-refractivity contribution >= 4 is 0 Å². The Kier molecular flexibility index (Phi) is 2.62. The number of hydrogen-bond donors (Lipinski definition) is 1. The van der Waals surface area contributed by atoms with E-state index in [2.05, 4.69) is 20.4 Å². The Labute approximate surface area is 75.5 Å². The van der Waals surface area contributed by atoms with E-state index >= 15 is 0 Å². The molecule has 1 aliphatic rings. The third-order valence-electron chi connectivity index (χ3n) is 3.06. The molecule has 70 valence electrons. The highest BCUT2D eigenvalue weighted by molar-refractivity contribution is 4.93. The molecule has 0 aromatic carbocycles. The van der Waals surface area contributed by atoms with Gasteiger partial charge in [0.15, 0.2) is 0 Å². The molecule has 1 N–H and O–H groups in total. The van der Waals surface area contributed by atoms with Crippen molar-refractivity contribution in [1.29, 1.82) is 0 Å². The van der Waals surface area contributed by atoms with Crippen LogP contribution in [-0.4, -0.2) is 10.7 Å². The molecule has 1 aliphatic carbocycles. The van der Waals surface area contributed by atoms with Gasteiger partial charge in [0.1, 0.15) is 0 Å². The molecule has 0 saturated heterocycles. The second kappa shape index (κ2) is 3.21. The Morgan fingerprint density at radius 2 is 1.75 bits per heavy atom. The molecule has 1 fully saturated rings. The van der Waals surface area contributed by atoms with E-state index in [0.29, 0.717) is 5.41 Å². The Morgan fingerprint density at radius 3 is 2.17 bits per heavy atom. The lowest BCUT2D eigenvalue weighted by molar-refractivity contribution is -0.0229. The summed E-state index contributed by atoms with van der Waals surface area (Å²) in [5, 5.41) is 10.0. The van der Waals surface area contributed by atoms with Crippen LogP contribution < -0.4 is 0 Å². The van der Waals surface area contributed by atoms with Gasteiger partial charge in [-0.05, 0) is 37.5 Å². The largest absolute Gasteiger partial charge is 0.390 e. The van der Waals surface area contributed by atoms with Crippen LogP contribution in [0, 0.1) is 5.41 Å². The summed E-state index contributed by atoms with van der Waals surface area (Å²) in [7, 11) is 0. The maximum absolute atomic E-state index is 10.0. The van der Waals surface area contributed by atoms with Crippen molar-refractivity contribution in [3.63, 3.8) is 0 Å². The molecule has 0 radical (unpaired) electrons. The lowest BCUT2D eigenvalue weighted by Crippen LogP contribution is -2.36. The minimum Gasteiger partial charge on any atom is -0.390 e. The lowest BCUT2D eigenvalue weighted by atomic mass is 9.70. The standard InChI is InChI=1S/C11H20O/c1-4-5-11(12)8-6-10(2,3)7-9-11/h4,12H,1,5-9H2,2-3H3. The lowest BCUT2D eigenvalue weighted by Gasteiger charge is -2.39. The number of rotatable bonds is 2. The maximum atomic E-state index is 10.0. The summed E-state index contributed by atoms with van der Waals surface area (Å²) < 4.78 is 0. The van der Waals surface area contributed by atoms with Crippen molar-refractivity contribution in [2.45, 2.75) is 51.6 Å². The Bertz CT molecular complexity index is 160. The molecular formula is C11H20O. The highest BCUT2D eigenvalue weighted by atomic mass is 16.3. The van der Waals surface area contributed by atoms with E-state index in [-0.39, 0.29) is 0 Å². The molecule has 0 bridgehead atoms. The highest BCUT2D eigenvalue weighted by Crippen LogP contribution is 2.41. The molecule has 1 heteroatoms. The zero-order valence-corrected chi connectivity index (χ0v) is 8.27. The van der Waals surface area contributed by atoms with E-state index < -0.39 is 5.60 Å². The molecule has 1 nitrogen and oxygen atoms in total. The smallest absolute Gasteiger partial charge is 0.0682 e. The summed E-state index contributed by atoms with van der Waals surface area (Å²) in [6.45, 7) is 8.23. The van der Waals surface area contributed by atoms with Gasteiger partial charge in [-0.15, -0.1) is 6.58 Å². The fourth-order valence-corrected chi connectivity index (χ4v) is 1.86. The summed E-state index contributed by atoms with van der Waals surface area (Å²) in [5.41, 5.74) is 0.00463. The average Bonchev–Trinajstić information content (AvgIpc) is 1.98. The Morgan fingerprint density at radius 1 is 1.25 bits per heavy atom. The first-order chi connectivity index (χ1) is 5.47. The van der Waals surface area contributed by atoms with Gasteiger partial charge in [-0.25, -0.2) is 0 Å². The predicted octanol–water partition coefficient (Wildman–Crippen LogP) is 2.89. The van der Waals surface area contributed by atoms with Gasteiger partial charge >= 0.3 is 0 Å². The molecule has 0 amide bonds. The molecule has 1 rings (SSSR count). The molecule has 0 heterocycles. The number of hydrogen-bond acceptors (Lipinski definition) is 1. The van der Waals surface area contributed by atoms with Gasteiger partial charge in [-0.2, -0.15) is 0 Å². The van der Waals surface area contributed by atoms with E-state index in [0.717, 1.165) is 32.1 Å². The molecule has 0 aromatic heterocycles. The summed E-state index contributed by atoms with van der Waals surface area (Å²) in [6, 6.07) is 0. The van der Waals surface area contributed by atoms with Crippen LogP contribution in [0.4, 0.5) is 0 Å². The maximum Gasteiger partial charge on any atom is 0.0682 e. The third kappa shape index (κ3) is 2.34. The van der Waals surface area contributed by atoms with Gasteiger partial charge in [0.25, 0.3) is 0 Å². The minimum absolute atomic E-state index is 0.433. The van der Waals surface area contributed by atoms with E-state index in [1.54, 1.807) is 0 Å². The molecule has 0 aromatic rings. The first-order valence-corrected chi connectivity index (χ1v) is 4.81. The average molecular weight is 168 g/mol. The Hall–Kier alpha value is -0.300. The van der Waals surface area contributed by atoms with Crippen LogP contribution in [-0.2, 0) is 0 Å². The highest BCUT2D eigenvalue weighted by Gasteiger charge is 2.35. The van der Waals surface area contributed by atoms with Crippen LogP contribution in [0.3, 0.4) is 0 Å². The monoisotopic (exact) mass is 168 g/mol. The molecule has 0 unspecified atom stereocenters. The van der Waals surface area contributed by atoms with Gasteiger partial charge < -0.3 is 5.11 Å². The minimum atomic E-state index is -0.433. The zero-order valence-electron chi connectivity index (χ0n) is 8.27. The zero-order chi connectivity index (χ0) is 9.24. The van der Waals surface area contributed by atoms with E-state index in [9.17, 15) is 5.11 Å². The number of aliphatic hydroxyl groups is 1. The molecule has 0 aliphatic heterocycles. The van der Waals surface area contributed by atoms with E-state index in [4.69, 9.17) is 0 Å². The van der Waals surface area contributed by atoms with Crippen molar-refractivity contribution in [3.05, 3.63) is 12.7 Å². The van der Waals surface area contributed by atoms with Crippen molar-refractivity contribution in [3.8, 4) is 0 Å². The first kappa shape index (κ1) is 9.79.